The summed E-state index contributed by atoms with van der Waals surface area (Å²) in [5.74, 6) is 1.50. The minimum atomic E-state index is 0.00279. The van der Waals surface area contributed by atoms with Gasteiger partial charge in [-0.25, -0.2) is 0 Å². The van der Waals surface area contributed by atoms with Gasteiger partial charge in [0.25, 0.3) is 0 Å². The van der Waals surface area contributed by atoms with Gasteiger partial charge in [0.15, 0.2) is 11.0 Å². The topological polar surface area (TPSA) is 72.7 Å². The molecule has 1 aliphatic rings. The Balaban J connectivity index is 1.38. The minimum absolute atomic E-state index is 0.00279. The molecular formula is C26H25N5OS. The molecule has 4 aromatic rings. The summed E-state index contributed by atoms with van der Waals surface area (Å²) in [6, 6.07) is 22.3. The van der Waals surface area contributed by atoms with Crippen LogP contribution < -0.4 is 5.32 Å². The molecule has 2 aromatic carbocycles. The Kier molecular flexibility index (Phi) is 6.21. The molecule has 1 N–H and O–H groups in total. The predicted octanol–water partition coefficient (Wildman–Crippen LogP) is 5.00. The third kappa shape index (κ3) is 4.83. The number of pyridine rings is 1. The molecule has 2 aromatic heterocycles. The third-order valence-electron chi connectivity index (χ3n) is 5.81. The van der Waals surface area contributed by atoms with E-state index in [1.165, 1.54) is 17.3 Å². The molecule has 0 spiro atoms. The van der Waals surface area contributed by atoms with Crippen LogP contribution in [0.3, 0.4) is 0 Å². The maximum atomic E-state index is 12.9. The standard InChI is InChI=1S/C26H25N5OS/c1-18-8-5-6-12-22(18)31-25(21-11-7-15-27-16-21)29-30-26(31)33-17-23(32)28-24(20-13-14-20)19-9-3-2-4-10-19/h2-12,15-16,20,24H,13-14,17H2,1H3,(H,28,32). The van der Waals surface area contributed by atoms with Crippen molar-refractivity contribution in [3.63, 3.8) is 0 Å². The van der Waals surface area contributed by atoms with Crippen molar-refractivity contribution in [3.8, 4) is 17.1 Å². The molecule has 1 aliphatic carbocycles. The largest absolute Gasteiger partial charge is 0.348 e. The second-order valence-corrected chi connectivity index (χ2v) is 9.19. The Labute approximate surface area is 197 Å². The van der Waals surface area contributed by atoms with Crippen LogP contribution in [0.25, 0.3) is 17.1 Å². The molecule has 33 heavy (non-hydrogen) atoms. The number of benzene rings is 2. The SMILES string of the molecule is Cc1ccccc1-n1c(SCC(=O)NC(c2ccccc2)C2CC2)nnc1-c1cccnc1. The first-order valence-electron chi connectivity index (χ1n) is 11.1. The number of hydrogen-bond donors (Lipinski definition) is 1. The number of nitrogens with one attached hydrogen (secondary N) is 1. The van der Waals surface area contributed by atoms with Crippen molar-refractivity contribution in [1.29, 1.82) is 0 Å². The average Bonchev–Trinajstić information content (AvgIpc) is 3.61. The van der Waals surface area contributed by atoms with E-state index < -0.39 is 0 Å². The van der Waals surface area contributed by atoms with Crippen LogP contribution in [0.4, 0.5) is 0 Å². The number of nitrogens with zero attached hydrogens (tertiary/aromatic N) is 4. The van der Waals surface area contributed by atoms with E-state index in [1.807, 2.05) is 53.1 Å². The molecule has 166 valence electrons. The summed E-state index contributed by atoms with van der Waals surface area (Å²) in [5.41, 5.74) is 4.14. The van der Waals surface area contributed by atoms with E-state index in [1.54, 1.807) is 12.4 Å². The van der Waals surface area contributed by atoms with E-state index in [-0.39, 0.29) is 17.7 Å². The van der Waals surface area contributed by atoms with Gasteiger partial charge in [0.05, 0.1) is 17.5 Å². The van der Waals surface area contributed by atoms with Gasteiger partial charge in [-0.3, -0.25) is 14.3 Å². The molecule has 0 radical (unpaired) electrons. The molecular weight excluding hydrogens is 430 g/mol. The zero-order valence-corrected chi connectivity index (χ0v) is 19.2. The molecule has 7 heteroatoms. The van der Waals surface area contributed by atoms with Crippen LogP contribution in [0.1, 0.15) is 30.0 Å². The lowest BCUT2D eigenvalue weighted by molar-refractivity contribution is -0.119. The Bertz CT molecular complexity index is 1240. The van der Waals surface area contributed by atoms with Gasteiger partial charge in [0.2, 0.25) is 5.91 Å². The molecule has 1 unspecified atom stereocenters. The highest BCUT2D eigenvalue weighted by Gasteiger charge is 2.33. The summed E-state index contributed by atoms with van der Waals surface area (Å²) in [6.07, 6.45) is 5.83. The van der Waals surface area contributed by atoms with Gasteiger partial charge in [-0.1, -0.05) is 60.3 Å². The summed E-state index contributed by atoms with van der Waals surface area (Å²) in [5, 5.41) is 12.8. The third-order valence-corrected chi connectivity index (χ3v) is 6.74. The number of amides is 1. The number of para-hydroxylation sites is 1. The number of aryl methyl sites for hydroxylation is 1. The molecule has 1 amide bonds. The number of carbonyl (C=O) groups excluding carboxylic acids is 1. The zero-order valence-electron chi connectivity index (χ0n) is 18.4. The second-order valence-electron chi connectivity index (χ2n) is 8.25. The van der Waals surface area contributed by atoms with Crippen LogP contribution in [0, 0.1) is 12.8 Å². The molecule has 2 heterocycles. The van der Waals surface area contributed by atoms with Gasteiger partial charge < -0.3 is 5.32 Å². The van der Waals surface area contributed by atoms with Crippen molar-refractivity contribution in [2.45, 2.75) is 31.0 Å². The number of aromatic nitrogens is 4. The Morgan fingerprint density at radius 2 is 1.85 bits per heavy atom. The predicted molar refractivity (Wildman–Crippen MR) is 130 cm³/mol. The Morgan fingerprint density at radius 3 is 2.58 bits per heavy atom. The lowest BCUT2D eigenvalue weighted by Gasteiger charge is -2.19. The quantitative estimate of drug-likeness (QED) is 0.379. The highest BCUT2D eigenvalue weighted by atomic mass is 32.2. The normalized spacial score (nSPS) is 14.1. The maximum absolute atomic E-state index is 12.9. The van der Waals surface area contributed by atoms with Crippen LogP contribution in [0.2, 0.25) is 0 Å². The van der Waals surface area contributed by atoms with Crippen molar-refractivity contribution >= 4 is 17.7 Å². The van der Waals surface area contributed by atoms with Gasteiger partial charge in [-0.15, -0.1) is 10.2 Å². The lowest BCUT2D eigenvalue weighted by atomic mass is 10.0. The molecule has 6 nitrogen and oxygen atoms in total. The van der Waals surface area contributed by atoms with E-state index in [0.717, 1.165) is 29.7 Å². The zero-order chi connectivity index (χ0) is 22.6. The Morgan fingerprint density at radius 1 is 1.06 bits per heavy atom. The molecule has 0 aliphatic heterocycles. The van der Waals surface area contributed by atoms with E-state index in [9.17, 15) is 4.79 Å². The van der Waals surface area contributed by atoms with Gasteiger partial charge in [0.1, 0.15) is 0 Å². The Hall–Kier alpha value is -3.45. The fraction of sp³-hybridized carbons (Fsp3) is 0.231. The molecule has 5 rings (SSSR count). The molecule has 0 bridgehead atoms. The second kappa shape index (κ2) is 9.58. The minimum Gasteiger partial charge on any atom is -0.348 e. The van der Waals surface area contributed by atoms with E-state index >= 15 is 0 Å². The summed E-state index contributed by atoms with van der Waals surface area (Å²) >= 11 is 1.40. The first-order valence-corrected chi connectivity index (χ1v) is 12.1. The van der Waals surface area contributed by atoms with Crippen LogP contribution >= 0.6 is 11.8 Å². The summed E-state index contributed by atoms with van der Waals surface area (Å²) < 4.78 is 2.01. The summed E-state index contributed by atoms with van der Waals surface area (Å²) in [4.78, 5) is 17.2. The molecule has 0 saturated heterocycles. The van der Waals surface area contributed by atoms with E-state index in [0.29, 0.717) is 16.9 Å². The van der Waals surface area contributed by atoms with Gasteiger partial charge in [-0.2, -0.15) is 0 Å². The van der Waals surface area contributed by atoms with Crippen LogP contribution in [0.15, 0.2) is 84.3 Å². The summed E-state index contributed by atoms with van der Waals surface area (Å²) in [6.45, 7) is 2.06. The van der Waals surface area contributed by atoms with Gasteiger partial charge in [-0.05, 0) is 55.0 Å². The van der Waals surface area contributed by atoms with Crippen LogP contribution in [-0.2, 0) is 4.79 Å². The number of rotatable bonds is 8. The summed E-state index contributed by atoms with van der Waals surface area (Å²) in [7, 11) is 0. The van der Waals surface area contributed by atoms with Crippen molar-refractivity contribution < 1.29 is 4.79 Å². The highest BCUT2D eigenvalue weighted by Crippen LogP contribution is 2.41. The van der Waals surface area contributed by atoms with Crippen molar-refractivity contribution in [2.24, 2.45) is 5.92 Å². The number of hydrogen-bond acceptors (Lipinski definition) is 5. The molecule has 1 fully saturated rings. The van der Waals surface area contributed by atoms with Gasteiger partial charge in [0, 0.05) is 18.0 Å². The average molecular weight is 456 g/mol. The van der Waals surface area contributed by atoms with Crippen molar-refractivity contribution in [3.05, 3.63) is 90.3 Å². The number of thioether (sulfide) groups is 1. The molecule has 1 atom stereocenters. The first-order chi connectivity index (χ1) is 16.2. The monoisotopic (exact) mass is 455 g/mol. The van der Waals surface area contributed by atoms with Crippen LogP contribution in [-0.4, -0.2) is 31.4 Å². The van der Waals surface area contributed by atoms with Gasteiger partial charge >= 0.3 is 0 Å². The van der Waals surface area contributed by atoms with E-state index in [4.69, 9.17) is 0 Å². The first kappa shape index (κ1) is 21.4. The smallest absolute Gasteiger partial charge is 0.230 e. The lowest BCUT2D eigenvalue weighted by Crippen LogP contribution is -2.31. The molecule has 1 saturated carbocycles. The fourth-order valence-corrected chi connectivity index (χ4v) is 4.74. The van der Waals surface area contributed by atoms with Crippen LogP contribution in [0.5, 0.6) is 0 Å². The highest BCUT2D eigenvalue weighted by molar-refractivity contribution is 7.99. The van der Waals surface area contributed by atoms with Crippen molar-refractivity contribution in [2.75, 3.05) is 5.75 Å². The fourth-order valence-electron chi connectivity index (χ4n) is 3.99. The van der Waals surface area contributed by atoms with Crippen molar-refractivity contribution in [1.82, 2.24) is 25.1 Å². The maximum Gasteiger partial charge on any atom is 0.230 e. The number of carbonyl (C=O) groups is 1. The van der Waals surface area contributed by atoms with E-state index in [2.05, 4.69) is 45.6 Å².